The minimum atomic E-state index is -0.630. The Morgan fingerprint density at radius 2 is 2.17 bits per heavy atom. The van der Waals surface area contributed by atoms with Gasteiger partial charge in [0.05, 0.1) is 11.5 Å². The number of esters is 1. The fraction of sp³-hybridized carbons (Fsp3) is 0.353. The molecule has 0 radical (unpaired) electrons. The lowest BCUT2D eigenvalue weighted by atomic mass is 9.82. The molecule has 1 aromatic rings. The van der Waals surface area contributed by atoms with Crippen molar-refractivity contribution >= 4 is 29.0 Å². The number of rotatable bonds is 2. The Hall–Kier alpha value is -2.30. The number of ether oxygens (including phenoxy) is 1. The Morgan fingerprint density at radius 1 is 1.48 bits per heavy atom. The maximum absolute atomic E-state index is 12.7. The number of nitrogens with zero attached hydrogens (tertiary/aromatic N) is 2. The second kappa shape index (κ2) is 6.44. The molecule has 0 saturated heterocycles. The van der Waals surface area contributed by atoms with Crippen LogP contribution in [0.2, 0.25) is 0 Å². The highest BCUT2D eigenvalue weighted by Crippen LogP contribution is 2.36. The molecule has 120 valence electrons. The number of pyridine rings is 1. The average molecular weight is 328 g/mol. The number of aromatic nitrogens is 1. The molecule has 1 aliphatic heterocycles. The molecule has 5 nitrogen and oxygen atoms in total. The van der Waals surface area contributed by atoms with Crippen LogP contribution in [0.25, 0.3) is 5.41 Å². The van der Waals surface area contributed by atoms with Gasteiger partial charge in [0.2, 0.25) is 0 Å². The normalized spacial score (nSPS) is 18.3. The number of hydrogen-bond donors (Lipinski definition) is 1. The second-order valence-electron chi connectivity index (χ2n) is 6.24. The van der Waals surface area contributed by atoms with Gasteiger partial charge in [0.1, 0.15) is 10.6 Å². The van der Waals surface area contributed by atoms with E-state index in [2.05, 4.69) is 16.2 Å². The van der Waals surface area contributed by atoms with Crippen LogP contribution < -0.4 is 5.32 Å². The van der Waals surface area contributed by atoms with Gasteiger partial charge in [-0.3, -0.25) is 10.9 Å². The van der Waals surface area contributed by atoms with Gasteiger partial charge in [0.15, 0.2) is 0 Å². The molecular formula is C17H18N3O2S-. The second-order valence-corrected chi connectivity index (χ2v) is 6.65. The maximum atomic E-state index is 12.7. The van der Waals surface area contributed by atoms with Crippen LogP contribution in [-0.2, 0) is 9.53 Å². The number of allylic oxidation sites excluding steroid dienone is 1. The topological polar surface area (TPSA) is 73.5 Å². The van der Waals surface area contributed by atoms with Crippen LogP contribution in [0, 0.1) is 0 Å². The molecule has 6 heteroatoms. The quantitative estimate of drug-likeness (QED) is 0.391. The summed E-state index contributed by atoms with van der Waals surface area (Å²) in [6.07, 6.45) is 3.27. The molecule has 1 aliphatic rings. The molecule has 0 amide bonds. The molecule has 0 aliphatic carbocycles. The summed E-state index contributed by atoms with van der Waals surface area (Å²) in [5.41, 5.74) is 1.40. The molecule has 0 saturated carbocycles. The minimum Gasteiger partial charge on any atom is -0.763 e. The van der Waals surface area contributed by atoms with Crippen molar-refractivity contribution in [3.8, 4) is 0 Å². The van der Waals surface area contributed by atoms with E-state index in [1.54, 1.807) is 46.2 Å². The van der Waals surface area contributed by atoms with E-state index in [4.69, 9.17) is 17.0 Å². The van der Waals surface area contributed by atoms with E-state index >= 15 is 0 Å². The van der Waals surface area contributed by atoms with Crippen molar-refractivity contribution in [3.05, 3.63) is 52.3 Å². The predicted octanol–water partition coefficient (Wildman–Crippen LogP) is 2.88. The number of hydrogen-bond acceptors (Lipinski definition) is 4. The Bertz CT molecular complexity index is 726. The van der Waals surface area contributed by atoms with Gasteiger partial charge < -0.3 is 15.5 Å². The zero-order valence-corrected chi connectivity index (χ0v) is 14.3. The van der Waals surface area contributed by atoms with Crippen molar-refractivity contribution in [1.82, 2.24) is 10.3 Å². The van der Waals surface area contributed by atoms with E-state index in [1.165, 1.54) is 0 Å². The standard InChI is InChI=1S/C17H18N3O2S/c1-10-13(16(21)22-17(2,3)4)14(11-6-5-7-19-9-11)12(8-18)15(23)20-10/h5-7,9,14H,1-4H3,(H,20,23)/q-1. The largest absolute Gasteiger partial charge is 0.763 e. The van der Waals surface area contributed by atoms with Crippen LogP contribution in [0.1, 0.15) is 39.2 Å². The first-order valence-corrected chi connectivity index (χ1v) is 7.57. The summed E-state index contributed by atoms with van der Waals surface area (Å²) in [5.74, 6) is 1.08. The SMILES string of the molecule is CC1=C(C(=O)OC(C)(C)C)C(c2cccnc2)C(=C=[N-])C(=S)N1. The third-order valence-corrected chi connectivity index (χ3v) is 3.61. The zero-order valence-electron chi connectivity index (χ0n) is 13.5. The highest BCUT2D eigenvalue weighted by Gasteiger charge is 2.36. The molecule has 2 rings (SSSR count). The van der Waals surface area contributed by atoms with Crippen LogP contribution in [0.4, 0.5) is 0 Å². The van der Waals surface area contributed by atoms with E-state index in [0.717, 1.165) is 5.56 Å². The summed E-state index contributed by atoms with van der Waals surface area (Å²) in [7, 11) is 0. The van der Waals surface area contributed by atoms with Gasteiger partial charge in [-0.2, -0.15) is 0 Å². The lowest BCUT2D eigenvalue weighted by Gasteiger charge is -2.32. The van der Waals surface area contributed by atoms with E-state index in [-0.39, 0.29) is 0 Å². The van der Waals surface area contributed by atoms with Crippen molar-refractivity contribution in [3.63, 3.8) is 0 Å². The van der Waals surface area contributed by atoms with Crippen molar-refractivity contribution in [2.75, 3.05) is 0 Å². The van der Waals surface area contributed by atoms with Crippen molar-refractivity contribution < 1.29 is 9.53 Å². The van der Waals surface area contributed by atoms with Gasteiger partial charge in [0, 0.05) is 23.7 Å². The smallest absolute Gasteiger partial charge is 0.337 e. The van der Waals surface area contributed by atoms with Gasteiger partial charge >= 0.3 is 5.97 Å². The van der Waals surface area contributed by atoms with Gasteiger partial charge in [-0.15, -0.1) is 0 Å². The van der Waals surface area contributed by atoms with Gasteiger partial charge in [-0.05, 0) is 39.3 Å². The van der Waals surface area contributed by atoms with Crippen LogP contribution in [0.3, 0.4) is 0 Å². The molecule has 0 spiro atoms. The zero-order chi connectivity index (χ0) is 17.2. The Labute approximate surface area is 141 Å². The predicted molar refractivity (Wildman–Crippen MR) is 93.1 cm³/mol. The number of carbonyl (C=O) groups excluding carboxylic acids is 1. The average Bonchev–Trinajstić information content (AvgIpc) is 2.45. The van der Waals surface area contributed by atoms with E-state index < -0.39 is 17.5 Å². The molecule has 0 aromatic carbocycles. The summed E-state index contributed by atoms with van der Waals surface area (Å²) >= 11 is 5.25. The van der Waals surface area contributed by atoms with E-state index in [9.17, 15) is 10.2 Å². The highest BCUT2D eigenvalue weighted by molar-refractivity contribution is 7.80. The lowest BCUT2D eigenvalue weighted by molar-refractivity contribution is -0.150. The maximum Gasteiger partial charge on any atom is 0.337 e. The molecule has 1 unspecified atom stereocenters. The third kappa shape index (κ3) is 3.73. The van der Waals surface area contributed by atoms with E-state index in [0.29, 0.717) is 21.8 Å². The number of thiocarbonyl (C=S) groups is 1. The number of carbonyl (C=O) groups is 1. The minimum absolute atomic E-state index is 0.319. The highest BCUT2D eigenvalue weighted by atomic mass is 32.1. The fourth-order valence-corrected chi connectivity index (χ4v) is 2.71. The fourth-order valence-electron chi connectivity index (χ4n) is 2.40. The molecule has 0 fully saturated rings. The van der Waals surface area contributed by atoms with Crippen LogP contribution >= 0.6 is 12.2 Å². The van der Waals surface area contributed by atoms with Crippen molar-refractivity contribution in [1.29, 1.82) is 0 Å². The molecule has 23 heavy (non-hydrogen) atoms. The van der Waals surface area contributed by atoms with Gasteiger partial charge in [-0.25, -0.2) is 4.79 Å². The summed E-state index contributed by atoms with van der Waals surface area (Å²) in [6.45, 7) is 7.16. The Balaban J connectivity index is 2.59. The Kier molecular flexibility index (Phi) is 4.78. The van der Waals surface area contributed by atoms with Gasteiger partial charge in [-0.1, -0.05) is 18.3 Å². The van der Waals surface area contributed by atoms with E-state index in [1.807, 2.05) is 6.07 Å². The molecule has 1 aromatic heterocycles. The summed E-state index contributed by atoms with van der Waals surface area (Å²) < 4.78 is 5.50. The molecule has 0 bridgehead atoms. The summed E-state index contributed by atoms with van der Waals surface area (Å²) in [6, 6.07) is 3.58. The summed E-state index contributed by atoms with van der Waals surface area (Å²) in [5, 5.41) is 12.4. The van der Waals surface area contributed by atoms with Crippen molar-refractivity contribution in [2.24, 2.45) is 0 Å². The van der Waals surface area contributed by atoms with Crippen LogP contribution in [0.5, 0.6) is 0 Å². The molecule has 1 atom stereocenters. The van der Waals surface area contributed by atoms with Gasteiger partial charge in [0.25, 0.3) is 0 Å². The lowest BCUT2D eigenvalue weighted by Crippen LogP contribution is -2.37. The first-order chi connectivity index (χ1) is 10.7. The third-order valence-electron chi connectivity index (χ3n) is 3.28. The number of nitrogens with one attached hydrogen (secondary N) is 1. The summed E-state index contributed by atoms with van der Waals surface area (Å²) in [4.78, 5) is 17.1. The molecular weight excluding hydrogens is 310 g/mol. The Morgan fingerprint density at radius 3 is 2.70 bits per heavy atom. The monoisotopic (exact) mass is 328 g/mol. The first-order valence-electron chi connectivity index (χ1n) is 7.17. The molecule has 2 heterocycles. The van der Waals surface area contributed by atoms with Crippen LogP contribution in [0.15, 0.2) is 41.4 Å². The van der Waals surface area contributed by atoms with Crippen LogP contribution in [-0.4, -0.2) is 27.4 Å². The first kappa shape index (κ1) is 17.1. The van der Waals surface area contributed by atoms with Crippen molar-refractivity contribution in [2.45, 2.75) is 39.2 Å². The molecule has 1 N–H and O–H groups in total.